The molecule has 0 saturated carbocycles. The average molecular weight is 243 g/mol. The molecule has 0 fully saturated rings. The van der Waals surface area contributed by atoms with E-state index in [1.807, 2.05) is 12.1 Å². The molecule has 0 saturated heterocycles. The lowest BCUT2D eigenvalue weighted by atomic mass is 10.2. The standard InChI is InChI=1S/C12H9N3OS/c13-8-4-1-3-7(10(8)16)11-15-9-5-2-6-14-12(9)17-11/h1-6,16H,13H2. The Labute approximate surface area is 101 Å². The third-order valence-corrected chi connectivity index (χ3v) is 3.48. The van der Waals surface area contributed by atoms with E-state index in [1.165, 1.54) is 11.3 Å². The molecule has 0 unspecified atom stereocenters. The number of hydrogen-bond acceptors (Lipinski definition) is 5. The second-order valence-corrected chi connectivity index (χ2v) is 4.57. The van der Waals surface area contributed by atoms with Gasteiger partial charge in [-0.25, -0.2) is 9.97 Å². The largest absolute Gasteiger partial charge is 0.505 e. The Morgan fingerprint density at radius 3 is 2.88 bits per heavy atom. The molecule has 2 heterocycles. The van der Waals surface area contributed by atoms with E-state index >= 15 is 0 Å². The van der Waals surface area contributed by atoms with Crippen LogP contribution in [-0.4, -0.2) is 15.1 Å². The first kappa shape index (κ1) is 10.0. The summed E-state index contributed by atoms with van der Waals surface area (Å²) in [5.41, 5.74) is 7.49. The zero-order valence-corrected chi connectivity index (χ0v) is 9.61. The number of rotatable bonds is 1. The Balaban J connectivity index is 2.24. The normalized spacial score (nSPS) is 10.8. The molecular formula is C12H9N3OS. The van der Waals surface area contributed by atoms with E-state index in [-0.39, 0.29) is 5.75 Å². The Morgan fingerprint density at radius 1 is 1.18 bits per heavy atom. The number of nitrogens with two attached hydrogens (primary N) is 1. The van der Waals surface area contributed by atoms with Gasteiger partial charge in [-0.3, -0.25) is 0 Å². The summed E-state index contributed by atoms with van der Waals surface area (Å²) in [6.07, 6.45) is 1.73. The zero-order chi connectivity index (χ0) is 11.8. The van der Waals surface area contributed by atoms with Crippen molar-refractivity contribution in [3.63, 3.8) is 0 Å². The van der Waals surface area contributed by atoms with Crippen molar-refractivity contribution in [2.24, 2.45) is 0 Å². The summed E-state index contributed by atoms with van der Waals surface area (Å²) >= 11 is 1.44. The number of pyridine rings is 1. The molecule has 0 atom stereocenters. The predicted octanol–water partition coefficient (Wildman–Crippen LogP) is 2.65. The number of phenols is 1. The highest BCUT2D eigenvalue weighted by Crippen LogP contribution is 2.37. The highest BCUT2D eigenvalue weighted by Gasteiger charge is 2.11. The smallest absolute Gasteiger partial charge is 0.148 e. The molecule has 2 aromatic heterocycles. The lowest BCUT2D eigenvalue weighted by Crippen LogP contribution is -1.87. The van der Waals surface area contributed by atoms with E-state index in [2.05, 4.69) is 9.97 Å². The molecular weight excluding hydrogens is 234 g/mol. The molecule has 0 bridgehead atoms. The molecule has 0 amide bonds. The first-order valence-corrected chi connectivity index (χ1v) is 5.87. The molecule has 0 aliphatic carbocycles. The molecule has 4 nitrogen and oxygen atoms in total. The highest BCUT2D eigenvalue weighted by molar-refractivity contribution is 7.21. The summed E-state index contributed by atoms with van der Waals surface area (Å²) in [4.78, 5) is 9.50. The van der Waals surface area contributed by atoms with Crippen LogP contribution in [0.5, 0.6) is 5.75 Å². The van der Waals surface area contributed by atoms with Crippen molar-refractivity contribution in [1.29, 1.82) is 0 Å². The van der Waals surface area contributed by atoms with Crippen LogP contribution < -0.4 is 5.73 Å². The SMILES string of the molecule is Nc1cccc(-c2nc3cccnc3s2)c1O. The fourth-order valence-corrected chi connectivity index (χ4v) is 2.55. The molecule has 5 heteroatoms. The Kier molecular flexibility index (Phi) is 2.19. The quantitative estimate of drug-likeness (QED) is 0.509. The van der Waals surface area contributed by atoms with Gasteiger partial charge >= 0.3 is 0 Å². The number of aromatic nitrogens is 2. The van der Waals surface area contributed by atoms with E-state index < -0.39 is 0 Å². The number of benzene rings is 1. The molecule has 0 aliphatic heterocycles. The lowest BCUT2D eigenvalue weighted by molar-refractivity contribution is 0.480. The highest BCUT2D eigenvalue weighted by atomic mass is 32.1. The van der Waals surface area contributed by atoms with Crippen LogP contribution in [0.2, 0.25) is 0 Å². The maximum atomic E-state index is 9.90. The van der Waals surface area contributed by atoms with E-state index in [0.29, 0.717) is 11.3 Å². The number of thiazole rings is 1. The Bertz CT molecular complexity index is 660. The number of fused-ring (bicyclic) bond motifs is 1. The van der Waals surface area contributed by atoms with Crippen molar-refractivity contribution >= 4 is 27.4 Å². The van der Waals surface area contributed by atoms with Gasteiger partial charge in [-0.15, -0.1) is 0 Å². The number of aromatic hydroxyl groups is 1. The van der Waals surface area contributed by atoms with Gasteiger partial charge in [0.2, 0.25) is 0 Å². The second kappa shape index (κ2) is 3.71. The molecule has 0 spiro atoms. The third-order valence-electron chi connectivity index (χ3n) is 2.46. The minimum atomic E-state index is 0.0755. The van der Waals surface area contributed by atoms with Gasteiger partial charge in [0.1, 0.15) is 21.1 Å². The van der Waals surface area contributed by atoms with Crippen LogP contribution in [0.25, 0.3) is 20.9 Å². The molecule has 3 aromatic rings. The second-order valence-electron chi connectivity index (χ2n) is 3.59. The summed E-state index contributed by atoms with van der Waals surface area (Å²) in [6.45, 7) is 0. The van der Waals surface area contributed by atoms with Crippen LogP contribution in [0.15, 0.2) is 36.5 Å². The van der Waals surface area contributed by atoms with Crippen LogP contribution in [0.4, 0.5) is 5.69 Å². The van der Waals surface area contributed by atoms with Gasteiger partial charge in [-0.05, 0) is 24.3 Å². The molecule has 0 aliphatic rings. The number of nitrogens with zero attached hydrogens (tertiary/aromatic N) is 2. The van der Waals surface area contributed by atoms with E-state index in [0.717, 1.165) is 15.4 Å². The number of anilines is 1. The Morgan fingerprint density at radius 2 is 2.06 bits per heavy atom. The fourth-order valence-electron chi connectivity index (χ4n) is 1.62. The van der Waals surface area contributed by atoms with Gasteiger partial charge in [-0.1, -0.05) is 17.4 Å². The molecule has 84 valence electrons. The number of hydrogen-bond donors (Lipinski definition) is 2. The van der Waals surface area contributed by atoms with Crippen LogP contribution in [0, 0.1) is 0 Å². The fraction of sp³-hybridized carbons (Fsp3) is 0. The molecule has 17 heavy (non-hydrogen) atoms. The maximum Gasteiger partial charge on any atom is 0.148 e. The summed E-state index contributed by atoms with van der Waals surface area (Å²) < 4.78 is 0. The van der Waals surface area contributed by atoms with Crippen LogP contribution in [0.1, 0.15) is 0 Å². The van der Waals surface area contributed by atoms with Crippen molar-refractivity contribution in [3.05, 3.63) is 36.5 Å². The third kappa shape index (κ3) is 1.60. The molecule has 1 aromatic carbocycles. The average Bonchev–Trinajstić information content (AvgIpc) is 2.76. The van der Waals surface area contributed by atoms with Crippen molar-refractivity contribution in [2.45, 2.75) is 0 Å². The van der Waals surface area contributed by atoms with Crippen molar-refractivity contribution in [2.75, 3.05) is 5.73 Å². The summed E-state index contributed by atoms with van der Waals surface area (Å²) in [7, 11) is 0. The molecule has 3 rings (SSSR count). The van der Waals surface area contributed by atoms with Gasteiger partial charge in [0.15, 0.2) is 0 Å². The number of para-hydroxylation sites is 1. The van der Waals surface area contributed by atoms with Crippen LogP contribution >= 0.6 is 11.3 Å². The maximum absolute atomic E-state index is 9.90. The summed E-state index contributed by atoms with van der Waals surface area (Å²) in [6, 6.07) is 8.98. The first-order chi connectivity index (χ1) is 8.25. The van der Waals surface area contributed by atoms with E-state index in [9.17, 15) is 5.11 Å². The van der Waals surface area contributed by atoms with Gasteiger partial charge in [0.05, 0.1) is 11.3 Å². The Hall–Kier alpha value is -2.14. The van der Waals surface area contributed by atoms with Gasteiger partial charge in [0, 0.05) is 6.20 Å². The van der Waals surface area contributed by atoms with Gasteiger partial charge in [0.25, 0.3) is 0 Å². The van der Waals surface area contributed by atoms with Crippen LogP contribution in [-0.2, 0) is 0 Å². The number of phenolic OH excluding ortho intramolecular Hbond substituents is 1. The first-order valence-electron chi connectivity index (χ1n) is 5.05. The van der Waals surface area contributed by atoms with E-state index in [1.54, 1.807) is 24.4 Å². The molecule has 0 radical (unpaired) electrons. The topological polar surface area (TPSA) is 72.0 Å². The van der Waals surface area contributed by atoms with Crippen molar-refractivity contribution in [3.8, 4) is 16.3 Å². The van der Waals surface area contributed by atoms with Gasteiger partial charge in [-0.2, -0.15) is 0 Å². The van der Waals surface area contributed by atoms with Gasteiger partial charge < -0.3 is 10.8 Å². The minimum Gasteiger partial charge on any atom is -0.505 e. The summed E-state index contributed by atoms with van der Waals surface area (Å²) in [5.74, 6) is 0.0755. The zero-order valence-electron chi connectivity index (χ0n) is 8.79. The minimum absolute atomic E-state index is 0.0755. The van der Waals surface area contributed by atoms with Crippen molar-refractivity contribution in [1.82, 2.24) is 9.97 Å². The predicted molar refractivity (Wildman–Crippen MR) is 68.9 cm³/mol. The summed E-state index contributed by atoms with van der Waals surface area (Å²) in [5, 5.41) is 10.6. The molecule has 3 N–H and O–H groups in total. The number of nitrogen functional groups attached to an aromatic ring is 1. The van der Waals surface area contributed by atoms with Crippen LogP contribution in [0.3, 0.4) is 0 Å². The monoisotopic (exact) mass is 243 g/mol. The lowest BCUT2D eigenvalue weighted by Gasteiger charge is -2.02. The van der Waals surface area contributed by atoms with Crippen molar-refractivity contribution < 1.29 is 5.11 Å². The van der Waals surface area contributed by atoms with E-state index in [4.69, 9.17) is 5.73 Å².